The van der Waals surface area contributed by atoms with E-state index in [-0.39, 0.29) is 0 Å². The van der Waals surface area contributed by atoms with Crippen molar-refractivity contribution in [3.63, 3.8) is 0 Å². The second-order valence-electron chi connectivity index (χ2n) is 3.94. The molecule has 0 aliphatic carbocycles. The minimum atomic E-state index is -1.06. The lowest BCUT2D eigenvalue weighted by atomic mass is 10.1. The molecule has 0 aliphatic heterocycles. The highest BCUT2D eigenvalue weighted by Crippen LogP contribution is 2.24. The minimum absolute atomic E-state index is 0.524. The van der Waals surface area contributed by atoms with Gasteiger partial charge in [0.1, 0.15) is 17.5 Å². The number of ether oxygens (including phenoxy) is 1. The fourth-order valence-electron chi connectivity index (χ4n) is 1.52. The molecule has 19 heavy (non-hydrogen) atoms. The van der Waals surface area contributed by atoms with Crippen LogP contribution in [-0.2, 0) is 4.79 Å². The zero-order chi connectivity index (χ0) is 13.8. The Kier molecular flexibility index (Phi) is 4.04. The number of carboxylic acids is 1. The summed E-state index contributed by atoms with van der Waals surface area (Å²) >= 11 is 5.77. The molecule has 3 N–H and O–H groups in total. The van der Waals surface area contributed by atoms with E-state index in [1.54, 1.807) is 48.5 Å². The molecule has 2 aromatic rings. The lowest BCUT2D eigenvalue weighted by molar-refractivity contribution is -0.138. The van der Waals surface area contributed by atoms with Crippen LogP contribution in [0.3, 0.4) is 0 Å². The van der Waals surface area contributed by atoms with Crippen molar-refractivity contribution in [3.05, 3.63) is 59.1 Å². The maximum atomic E-state index is 10.7. The largest absolute Gasteiger partial charge is 0.480 e. The second-order valence-corrected chi connectivity index (χ2v) is 4.38. The Labute approximate surface area is 115 Å². The first-order valence-electron chi connectivity index (χ1n) is 5.58. The van der Waals surface area contributed by atoms with E-state index in [9.17, 15) is 4.79 Å². The number of carboxylic acid groups (broad SMARTS) is 1. The van der Waals surface area contributed by atoms with Crippen LogP contribution in [-0.4, -0.2) is 11.1 Å². The maximum absolute atomic E-state index is 10.7. The van der Waals surface area contributed by atoms with E-state index in [0.717, 1.165) is 0 Å². The molecule has 0 aliphatic rings. The third-order valence-electron chi connectivity index (χ3n) is 2.55. The molecule has 5 heteroatoms. The standard InChI is InChI=1S/C14H12ClNO3/c15-10-3-7-12(8-4-10)19-11-5-1-9(2-6-11)13(16)14(17)18/h1-8,13H,16H2,(H,17,18)/t13-/m0/s1. The zero-order valence-electron chi connectivity index (χ0n) is 9.92. The van der Waals surface area contributed by atoms with E-state index < -0.39 is 12.0 Å². The first-order valence-corrected chi connectivity index (χ1v) is 5.96. The quantitative estimate of drug-likeness (QED) is 0.900. The molecule has 0 amide bonds. The van der Waals surface area contributed by atoms with E-state index in [1.165, 1.54) is 0 Å². The molecule has 2 aromatic carbocycles. The van der Waals surface area contributed by atoms with Gasteiger partial charge in [-0.1, -0.05) is 23.7 Å². The molecule has 0 spiro atoms. The fourth-order valence-corrected chi connectivity index (χ4v) is 1.65. The number of halogens is 1. The smallest absolute Gasteiger partial charge is 0.325 e. The number of carbonyl (C=O) groups is 1. The molecule has 1 atom stereocenters. The van der Waals surface area contributed by atoms with Gasteiger partial charge < -0.3 is 15.6 Å². The van der Waals surface area contributed by atoms with Gasteiger partial charge >= 0.3 is 5.97 Å². The molecule has 0 heterocycles. The number of hydrogen-bond acceptors (Lipinski definition) is 3. The molecule has 0 radical (unpaired) electrons. The molecule has 98 valence electrons. The van der Waals surface area contributed by atoms with Gasteiger partial charge in [0.2, 0.25) is 0 Å². The van der Waals surface area contributed by atoms with Crippen LogP contribution in [0.15, 0.2) is 48.5 Å². The Morgan fingerprint density at radius 1 is 1.05 bits per heavy atom. The van der Waals surface area contributed by atoms with Crippen molar-refractivity contribution in [3.8, 4) is 11.5 Å². The summed E-state index contributed by atoms with van der Waals surface area (Å²) in [5, 5.41) is 9.43. The van der Waals surface area contributed by atoms with Gasteiger partial charge in [-0.2, -0.15) is 0 Å². The molecule has 0 fully saturated rings. The topological polar surface area (TPSA) is 72.6 Å². The average molecular weight is 278 g/mol. The van der Waals surface area contributed by atoms with Crippen LogP contribution in [0.4, 0.5) is 0 Å². The van der Waals surface area contributed by atoms with Crippen molar-refractivity contribution in [1.29, 1.82) is 0 Å². The molecule has 0 bridgehead atoms. The predicted octanol–water partition coefficient (Wildman–Crippen LogP) is 3.22. The molecule has 0 aromatic heterocycles. The second kappa shape index (κ2) is 5.73. The summed E-state index contributed by atoms with van der Waals surface area (Å²) in [6.07, 6.45) is 0. The number of rotatable bonds is 4. The van der Waals surface area contributed by atoms with E-state index in [4.69, 9.17) is 27.2 Å². The maximum Gasteiger partial charge on any atom is 0.325 e. The highest BCUT2D eigenvalue weighted by atomic mass is 35.5. The Morgan fingerprint density at radius 3 is 2.00 bits per heavy atom. The SMILES string of the molecule is N[C@H](C(=O)O)c1ccc(Oc2ccc(Cl)cc2)cc1. The fraction of sp³-hybridized carbons (Fsp3) is 0.0714. The first-order chi connectivity index (χ1) is 9.06. The van der Waals surface area contributed by atoms with Gasteiger partial charge in [-0.05, 0) is 42.0 Å². The summed E-state index contributed by atoms with van der Waals surface area (Å²) in [5.74, 6) is 0.190. The zero-order valence-corrected chi connectivity index (χ0v) is 10.7. The summed E-state index contributed by atoms with van der Waals surface area (Å²) in [6.45, 7) is 0. The first kappa shape index (κ1) is 13.4. The normalized spacial score (nSPS) is 11.9. The molecule has 4 nitrogen and oxygen atoms in total. The van der Waals surface area contributed by atoms with Crippen molar-refractivity contribution in [2.75, 3.05) is 0 Å². The molecule has 0 unspecified atom stereocenters. The van der Waals surface area contributed by atoms with E-state index in [2.05, 4.69) is 0 Å². The van der Waals surface area contributed by atoms with Gasteiger partial charge in [0.15, 0.2) is 0 Å². The Morgan fingerprint density at radius 2 is 1.53 bits per heavy atom. The number of hydrogen-bond donors (Lipinski definition) is 2. The molecule has 2 rings (SSSR count). The van der Waals surface area contributed by atoms with Crippen LogP contribution in [0, 0.1) is 0 Å². The summed E-state index contributed by atoms with van der Waals surface area (Å²) in [5.41, 5.74) is 6.03. The third kappa shape index (κ3) is 3.47. The summed E-state index contributed by atoms with van der Waals surface area (Å²) in [7, 11) is 0. The van der Waals surface area contributed by atoms with Gasteiger partial charge in [0.05, 0.1) is 0 Å². The van der Waals surface area contributed by atoms with E-state index in [0.29, 0.717) is 22.1 Å². The average Bonchev–Trinajstić information content (AvgIpc) is 2.41. The van der Waals surface area contributed by atoms with Crippen LogP contribution >= 0.6 is 11.6 Å². The summed E-state index contributed by atoms with van der Waals surface area (Å²) < 4.78 is 5.58. The van der Waals surface area contributed by atoms with E-state index >= 15 is 0 Å². The predicted molar refractivity (Wildman–Crippen MR) is 72.5 cm³/mol. The van der Waals surface area contributed by atoms with Gasteiger partial charge in [-0.3, -0.25) is 4.79 Å². The van der Waals surface area contributed by atoms with Crippen LogP contribution in [0.5, 0.6) is 11.5 Å². The van der Waals surface area contributed by atoms with Gasteiger partial charge in [-0.15, -0.1) is 0 Å². The van der Waals surface area contributed by atoms with Gasteiger partial charge in [0, 0.05) is 5.02 Å². The van der Waals surface area contributed by atoms with Crippen molar-refractivity contribution < 1.29 is 14.6 Å². The highest BCUT2D eigenvalue weighted by molar-refractivity contribution is 6.30. The van der Waals surface area contributed by atoms with Crippen molar-refractivity contribution in [1.82, 2.24) is 0 Å². The van der Waals surface area contributed by atoms with Crippen LogP contribution in [0.25, 0.3) is 0 Å². The molecular formula is C14H12ClNO3. The Hall–Kier alpha value is -2.04. The van der Waals surface area contributed by atoms with Gasteiger partial charge in [0.25, 0.3) is 0 Å². The van der Waals surface area contributed by atoms with Crippen molar-refractivity contribution in [2.45, 2.75) is 6.04 Å². The Balaban J connectivity index is 2.10. The minimum Gasteiger partial charge on any atom is -0.480 e. The van der Waals surface area contributed by atoms with Crippen LogP contribution in [0.2, 0.25) is 5.02 Å². The van der Waals surface area contributed by atoms with E-state index in [1.807, 2.05) is 0 Å². The number of nitrogens with two attached hydrogens (primary N) is 1. The van der Waals surface area contributed by atoms with Crippen molar-refractivity contribution >= 4 is 17.6 Å². The Bertz CT molecular complexity index is 566. The van der Waals surface area contributed by atoms with Gasteiger partial charge in [-0.25, -0.2) is 0 Å². The lowest BCUT2D eigenvalue weighted by Gasteiger charge is -2.09. The highest BCUT2D eigenvalue weighted by Gasteiger charge is 2.13. The van der Waals surface area contributed by atoms with Crippen LogP contribution < -0.4 is 10.5 Å². The summed E-state index contributed by atoms with van der Waals surface area (Å²) in [6, 6.07) is 12.5. The van der Waals surface area contributed by atoms with Crippen molar-refractivity contribution in [2.24, 2.45) is 5.73 Å². The molecule has 0 saturated heterocycles. The number of aliphatic carboxylic acids is 1. The number of benzene rings is 2. The monoisotopic (exact) mass is 277 g/mol. The molecule has 0 saturated carbocycles. The van der Waals surface area contributed by atoms with Crippen LogP contribution in [0.1, 0.15) is 11.6 Å². The molecular weight excluding hydrogens is 266 g/mol. The third-order valence-corrected chi connectivity index (χ3v) is 2.81. The summed E-state index contributed by atoms with van der Waals surface area (Å²) in [4.78, 5) is 10.7. The lowest BCUT2D eigenvalue weighted by Crippen LogP contribution is -2.20.